The van der Waals surface area contributed by atoms with E-state index in [-0.39, 0.29) is 5.75 Å². The van der Waals surface area contributed by atoms with Gasteiger partial charge in [0.25, 0.3) is 0 Å². The summed E-state index contributed by atoms with van der Waals surface area (Å²) in [6, 6.07) is 4.66. The highest BCUT2D eigenvalue weighted by Crippen LogP contribution is 2.26. The van der Waals surface area contributed by atoms with Crippen LogP contribution in [0.2, 0.25) is 0 Å². The maximum Gasteiger partial charge on any atom is 0.161 e. The van der Waals surface area contributed by atoms with Crippen LogP contribution in [0.5, 0.6) is 11.5 Å². The smallest absolute Gasteiger partial charge is 0.161 e. The number of hydrogen-bond acceptors (Lipinski definition) is 5. The molecule has 1 saturated heterocycles. The summed E-state index contributed by atoms with van der Waals surface area (Å²) >= 11 is 0. The maximum atomic E-state index is 10.5. The quantitative estimate of drug-likeness (QED) is 0.745. The highest BCUT2D eigenvalue weighted by Gasteiger charge is 2.09. The van der Waals surface area contributed by atoms with E-state index in [0.29, 0.717) is 24.2 Å². The van der Waals surface area contributed by atoms with E-state index in [1.807, 2.05) is 0 Å². The molecule has 5 heteroatoms. The van der Waals surface area contributed by atoms with Crippen molar-refractivity contribution in [3.63, 3.8) is 0 Å². The van der Waals surface area contributed by atoms with Gasteiger partial charge < -0.3 is 15.2 Å². The average molecular weight is 250 g/mol. The molecule has 1 heterocycles. The second kappa shape index (κ2) is 6.37. The molecule has 1 aliphatic heterocycles. The van der Waals surface area contributed by atoms with E-state index >= 15 is 0 Å². The number of phenolic OH excluding ortho intramolecular Hbond substituents is 1. The number of nitrogens with zero attached hydrogens (tertiary/aromatic N) is 1. The number of nitrogens with one attached hydrogen (secondary N) is 1. The van der Waals surface area contributed by atoms with Crippen LogP contribution in [-0.2, 0) is 0 Å². The van der Waals surface area contributed by atoms with Gasteiger partial charge in [-0.2, -0.15) is 0 Å². The second-order valence-corrected chi connectivity index (χ2v) is 4.29. The Kier molecular flexibility index (Phi) is 4.55. The first-order valence-corrected chi connectivity index (χ1v) is 6.13. The molecule has 0 spiro atoms. The number of benzene rings is 1. The molecule has 0 amide bonds. The second-order valence-electron chi connectivity index (χ2n) is 4.29. The van der Waals surface area contributed by atoms with Crippen LogP contribution in [0.3, 0.4) is 0 Å². The number of phenols is 1. The largest absolute Gasteiger partial charge is 0.504 e. The lowest BCUT2D eigenvalue weighted by molar-refractivity contribution is 0.112. The minimum atomic E-state index is 0.0138. The van der Waals surface area contributed by atoms with Crippen molar-refractivity contribution in [2.24, 2.45) is 0 Å². The van der Waals surface area contributed by atoms with Gasteiger partial charge in [-0.25, -0.2) is 0 Å². The molecule has 0 bridgehead atoms. The summed E-state index contributed by atoms with van der Waals surface area (Å²) in [5.74, 6) is 0.440. The molecule has 18 heavy (non-hydrogen) atoms. The molecule has 1 fully saturated rings. The van der Waals surface area contributed by atoms with Gasteiger partial charge in [0, 0.05) is 38.3 Å². The molecule has 5 nitrogen and oxygen atoms in total. The summed E-state index contributed by atoms with van der Waals surface area (Å²) in [5, 5.41) is 12.9. The molecule has 2 rings (SSSR count). The average Bonchev–Trinajstić information content (AvgIpc) is 2.42. The van der Waals surface area contributed by atoms with Gasteiger partial charge in [-0.3, -0.25) is 9.69 Å². The Morgan fingerprint density at radius 2 is 2.17 bits per heavy atom. The minimum absolute atomic E-state index is 0.0138. The van der Waals surface area contributed by atoms with Crippen molar-refractivity contribution in [3.05, 3.63) is 23.8 Å². The molecule has 0 aliphatic carbocycles. The van der Waals surface area contributed by atoms with Gasteiger partial charge in [-0.15, -0.1) is 0 Å². The SMILES string of the molecule is O=Cc1ccc(OCCN2CCNCC2)c(O)c1. The molecule has 98 valence electrons. The standard InChI is InChI=1S/C13H18N2O3/c16-10-11-1-2-13(12(17)9-11)18-8-7-15-5-3-14-4-6-15/h1-2,9-10,14,17H,3-8H2. The zero-order valence-corrected chi connectivity index (χ0v) is 10.3. The normalized spacial score (nSPS) is 16.4. The van der Waals surface area contributed by atoms with Crippen LogP contribution in [0.25, 0.3) is 0 Å². The Morgan fingerprint density at radius 3 is 2.83 bits per heavy atom. The number of rotatable bonds is 5. The summed E-state index contributed by atoms with van der Waals surface area (Å²) in [6.07, 6.45) is 0.699. The van der Waals surface area contributed by atoms with Gasteiger partial charge in [-0.05, 0) is 18.2 Å². The van der Waals surface area contributed by atoms with Gasteiger partial charge in [0.2, 0.25) is 0 Å². The molecular formula is C13H18N2O3. The third kappa shape index (κ3) is 3.45. The van der Waals surface area contributed by atoms with E-state index in [2.05, 4.69) is 10.2 Å². The Labute approximate surface area is 106 Å². The van der Waals surface area contributed by atoms with E-state index < -0.39 is 0 Å². The van der Waals surface area contributed by atoms with Gasteiger partial charge in [0.05, 0.1) is 0 Å². The van der Waals surface area contributed by atoms with Crippen molar-refractivity contribution in [2.75, 3.05) is 39.3 Å². The van der Waals surface area contributed by atoms with E-state index in [1.54, 1.807) is 12.1 Å². The Hall–Kier alpha value is -1.59. The van der Waals surface area contributed by atoms with Crippen molar-refractivity contribution >= 4 is 6.29 Å². The van der Waals surface area contributed by atoms with E-state index in [1.165, 1.54) is 6.07 Å². The monoisotopic (exact) mass is 250 g/mol. The van der Waals surface area contributed by atoms with Gasteiger partial charge in [-0.1, -0.05) is 0 Å². The van der Waals surface area contributed by atoms with E-state index in [4.69, 9.17) is 4.74 Å². The number of carbonyl (C=O) groups excluding carboxylic acids is 1. The summed E-state index contributed by atoms with van der Waals surface area (Å²) < 4.78 is 5.51. The van der Waals surface area contributed by atoms with Gasteiger partial charge in [0.15, 0.2) is 11.5 Å². The minimum Gasteiger partial charge on any atom is -0.504 e. The van der Waals surface area contributed by atoms with Crippen molar-refractivity contribution in [2.45, 2.75) is 0 Å². The number of hydrogen-bond donors (Lipinski definition) is 2. The number of carbonyl (C=O) groups is 1. The Balaban J connectivity index is 1.80. The molecule has 0 saturated carbocycles. The fourth-order valence-electron chi connectivity index (χ4n) is 1.95. The zero-order valence-electron chi connectivity index (χ0n) is 10.3. The molecule has 1 aromatic carbocycles. The fraction of sp³-hybridized carbons (Fsp3) is 0.462. The number of aldehydes is 1. The number of aromatic hydroxyl groups is 1. The van der Waals surface area contributed by atoms with Crippen molar-refractivity contribution in [1.29, 1.82) is 0 Å². The van der Waals surface area contributed by atoms with Crippen LogP contribution < -0.4 is 10.1 Å². The predicted octanol–water partition coefficient (Wildman–Crippen LogP) is 0.489. The third-order valence-corrected chi connectivity index (χ3v) is 2.99. The molecule has 0 atom stereocenters. The summed E-state index contributed by atoms with van der Waals surface area (Å²) in [7, 11) is 0. The first-order valence-electron chi connectivity index (χ1n) is 6.13. The van der Waals surface area contributed by atoms with Gasteiger partial charge >= 0.3 is 0 Å². The number of ether oxygens (including phenoxy) is 1. The molecule has 0 unspecified atom stereocenters. The van der Waals surface area contributed by atoms with Crippen LogP contribution in [0.1, 0.15) is 10.4 Å². The van der Waals surface area contributed by atoms with Crippen molar-refractivity contribution in [3.8, 4) is 11.5 Å². The summed E-state index contributed by atoms with van der Waals surface area (Å²) in [4.78, 5) is 12.8. The molecule has 2 N–H and O–H groups in total. The molecule has 1 aromatic rings. The van der Waals surface area contributed by atoms with Crippen LogP contribution in [0.15, 0.2) is 18.2 Å². The van der Waals surface area contributed by atoms with Gasteiger partial charge in [0.1, 0.15) is 12.9 Å². The van der Waals surface area contributed by atoms with Crippen molar-refractivity contribution in [1.82, 2.24) is 10.2 Å². The lowest BCUT2D eigenvalue weighted by Gasteiger charge is -2.26. The van der Waals surface area contributed by atoms with Crippen LogP contribution in [-0.4, -0.2) is 55.6 Å². The Bertz CT molecular complexity index is 403. The summed E-state index contributed by atoms with van der Waals surface area (Å²) in [6.45, 7) is 5.46. The highest BCUT2D eigenvalue weighted by molar-refractivity contribution is 5.76. The summed E-state index contributed by atoms with van der Waals surface area (Å²) in [5.41, 5.74) is 0.446. The first kappa shape index (κ1) is 12.9. The molecular weight excluding hydrogens is 232 g/mol. The molecule has 0 aromatic heterocycles. The lowest BCUT2D eigenvalue weighted by atomic mass is 10.2. The molecule has 0 radical (unpaired) electrons. The Morgan fingerprint density at radius 1 is 1.39 bits per heavy atom. The highest BCUT2D eigenvalue weighted by atomic mass is 16.5. The predicted molar refractivity (Wildman–Crippen MR) is 68.3 cm³/mol. The van der Waals surface area contributed by atoms with E-state index in [9.17, 15) is 9.90 Å². The molecule has 1 aliphatic rings. The van der Waals surface area contributed by atoms with Crippen LogP contribution in [0, 0.1) is 0 Å². The number of piperazine rings is 1. The van der Waals surface area contributed by atoms with Crippen molar-refractivity contribution < 1.29 is 14.6 Å². The first-order chi connectivity index (χ1) is 8.79. The zero-order chi connectivity index (χ0) is 12.8. The van der Waals surface area contributed by atoms with Crippen LogP contribution >= 0.6 is 0 Å². The topological polar surface area (TPSA) is 61.8 Å². The lowest BCUT2D eigenvalue weighted by Crippen LogP contribution is -2.44. The van der Waals surface area contributed by atoms with E-state index in [0.717, 1.165) is 32.7 Å². The van der Waals surface area contributed by atoms with Crippen LogP contribution in [0.4, 0.5) is 0 Å². The third-order valence-electron chi connectivity index (χ3n) is 2.99. The fourth-order valence-corrected chi connectivity index (χ4v) is 1.95. The maximum absolute atomic E-state index is 10.5.